The number of hydrogen-bond acceptors (Lipinski definition) is 4. The van der Waals surface area contributed by atoms with Gasteiger partial charge in [0.05, 0.1) is 11.2 Å². The summed E-state index contributed by atoms with van der Waals surface area (Å²) in [5.74, 6) is -0.312. The van der Waals surface area contributed by atoms with E-state index in [4.69, 9.17) is 16.3 Å². The van der Waals surface area contributed by atoms with Crippen LogP contribution < -0.4 is 4.74 Å². The van der Waals surface area contributed by atoms with E-state index >= 15 is 0 Å². The van der Waals surface area contributed by atoms with E-state index in [1.807, 2.05) is 0 Å². The number of esters is 1. The summed E-state index contributed by atoms with van der Waals surface area (Å²) in [6.45, 7) is 0. The number of ether oxygens (including phenoxy) is 1. The summed E-state index contributed by atoms with van der Waals surface area (Å²) in [6.07, 6.45) is 4.22. The minimum atomic E-state index is -0.595. The Labute approximate surface area is 111 Å². The Morgan fingerprint density at radius 1 is 1.35 bits per heavy atom. The Balaban J connectivity index is 2.19. The van der Waals surface area contributed by atoms with Gasteiger partial charge in [0.1, 0.15) is 5.75 Å². The number of carbonyl (C=O) groups is 1. The minimum absolute atomic E-state index is 0.131. The van der Waals surface area contributed by atoms with Crippen molar-refractivity contribution in [2.75, 3.05) is 0 Å². The van der Waals surface area contributed by atoms with Gasteiger partial charge >= 0.3 is 5.97 Å². The SMILES string of the molecule is O=C(Oc1ccc(Br)cc1Cl)c1cnccn1. The van der Waals surface area contributed by atoms with Crippen LogP contribution >= 0.6 is 27.5 Å². The largest absolute Gasteiger partial charge is 0.420 e. The van der Waals surface area contributed by atoms with E-state index in [9.17, 15) is 4.79 Å². The molecule has 0 radical (unpaired) electrons. The fraction of sp³-hybridized carbons (Fsp3) is 0. The molecule has 1 aromatic carbocycles. The third kappa shape index (κ3) is 3.01. The van der Waals surface area contributed by atoms with Crippen LogP contribution in [0.5, 0.6) is 5.75 Å². The minimum Gasteiger partial charge on any atom is -0.420 e. The number of hydrogen-bond donors (Lipinski definition) is 0. The van der Waals surface area contributed by atoms with Crippen LogP contribution in [-0.4, -0.2) is 15.9 Å². The van der Waals surface area contributed by atoms with Crippen LogP contribution in [0, 0.1) is 0 Å². The standard InChI is InChI=1S/C11H6BrClN2O2/c12-7-1-2-10(8(13)5-7)17-11(16)9-6-14-3-4-15-9/h1-6H. The van der Waals surface area contributed by atoms with Gasteiger partial charge in [0.15, 0.2) is 5.69 Å². The van der Waals surface area contributed by atoms with Crippen molar-refractivity contribution in [3.63, 3.8) is 0 Å². The van der Waals surface area contributed by atoms with Crippen LogP contribution in [0.15, 0.2) is 41.3 Å². The molecular formula is C11H6BrClN2O2. The lowest BCUT2D eigenvalue weighted by Crippen LogP contribution is -2.10. The first-order valence-corrected chi connectivity index (χ1v) is 5.77. The monoisotopic (exact) mass is 312 g/mol. The Morgan fingerprint density at radius 3 is 2.82 bits per heavy atom. The summed E-state index contributed by atoms with van der Waals surface area (Å²) in [7, 11) is 0. The first-order valence-electron chi connectivity index (χ1n) is 4.60. The van der Waals surface area contributed by atoms with Crippen molar-refractivity contribution < 1.29 is 9.53 Å². The van der Waals surface area contributed by atoms with Gasteiger partial charge in [-0.1, -0.05) is 27.5 Å². The maximum Gasteiger partial charge on any atom is 0.363 e. The molecule has 0 bridgehead atoms. The fourth-order valence-corrected chi connectivity index (χ4v) is 1.83. The van der Waals surface area contributed by atoms with Crippen LogP contribution in [0.1, 0.15) is 10.5 Å². The predicted octanol–water partition coefficient (Wildman–Crippen LogP) is 3.11. The second-order valence-electron chi connectivity index (χ2n) is 3.05. The summed E-state index contributed by atoms with van der Waals surface area (Å²) < 4.78 is 5.90. The Bertz CT molecular complexity index is 548. The zero-order valence-electron chi connectivity index (χ0n) is 8.43. The van der Waals surface area contributed by atoms with Gasteiger partial charge < -0.3 is 4.74 Å². The van der Waals surface area contributed by atoms with Crippen molar-refractivity contribution >= 4 is 33.5 Å². The van der Waals surface area contributed by atoms with E-state index in [0.29, 0.717) is 5.02 Å². The molecule has 86 valence electrons. The number of benzene rings is 1. The van der Waals surface area contributed by atoms with Crippen molar-refractivity contribution in [2.24, 2.45) is 0 Å². The van der Waals surface area contributed by atoms with Gasteiger partial charge in [-0.25, -0.2) is 9.78 Å². The predicted molar refractivity (Wildman–Crippen MR) is 66.1 cm³/mol. The molecule has 0 unspecified atom stereocenters. The van der Waals surface area contributed by atoms with Crippen LogP contribution in [0.4, 0.5) is 0 Å². The number of rotatable bonds is 2. The molecule has 0 saturated heterocycles. The molecule has 1 aromatic heterocycles. The molecule has 6 heteroatoms. The molecule has 2 aromatic rings. The maximum absolute atomic E-state index is 11.7. The average Bonchev–Trinajstić information content (AvgIpc) is 2.34. The molecule has 17 heavy (non-hydrogen) atoms. The van der Waals surface area contributed by atoms with Crippen LogP contribution in [0.25, 0.3) is 0 Å². The zero-order chi connectivity index (χ0) is 12.3. The number of halogens is 2. The zero-order valence-corrected chi connectivity index (χ0v) is 10.8. The number of aromatic nitrogens is 2. The second kappa shape index (κ2) is 5.25. The normalized spacial score (nSPS) is 10.0. The molecule has 0 amide bonds. The van der Waals surface area contributed by atoms with Crippen molar-refractivity contribution in [1.29, 1.82) is 0 Å². The molecule has 0 fully saturated rings. The van der Waals surface area contributed by atoms with Crippen LogP contribution in [-0.2, 0) is 0 Å². The lowest BCUT2D eigenvalue weighted by molar-refractivity contribution is 0.0728. The average molecular weight is 314 g/mol. The molecule has 1 heterocycles. The number of nitrogens with zero attached hydrogens (tertiary/aromatic N) is 2. The van der Waals surface area contributed by atoms with E-state index < -0.39 is 5.97 Å². The maximum atomic E-state index is 11.7. The first kappa shape index (κ1) is 12.0. The molecule has 0 N–H and O–H groups in total. The van der Waals surface area contributed by atoms with Gasteiger partial charge in [0, 0.05) is 16.9 Å². The molecule has 0 atom stereocenters. The van der Waals surface area contributed by atoms with Crippen molar-refractivity contribution in [3.8, 4) is 5.75 Å². The van der Waals surface area contributed by atoms with Crippen LogP contribution in [0.2, 0.25) is 5.02 Å². The van der Waals surface area contributed by atoms with Gasteiger partial charge in [-0.15, -0.1) is 0 Å². The summed E-state index contributed by atoms with van der Waals surface area (Å²) >= 11 is 9.18. The first-order chi connectivity index (χ1) is 8.16. The van der Waals surface area contributed by atoms with Gasteiger partial charge in [-0.2, -0.15) is 0 Å². The van der Waals surface area contributed by atoms with Gasteiger partial charge in [0.25, 0.3) is 0 Å². The third-order valence-electron chi connectivity index (χ3n) is 1.87. The third-order valence-corrected chi connectivity index (χ3v) is 2.66. The topological polar surface area (TPSA) is 52.1 Å². The van der Waals surface area contributed by atoms with E-state index in [1.165, 1.54) is 18.6 Å². The highest BCUT2D eigenvalue weighted by Gasteiger charge is 2.12. The van der Waals surface area contributed by atoms with Crippen molar-refractivity contribution in [3.05, 3.63) is 52.0 Å². The van der Waals surface area contributed by atoms with Gasteiger partial charge in [-0.05, 0) is 18.2 Å². The quantitative estimate of drug-likeness (QED) is 0.631. The summed E-state index contributed by atoms with van der Waals surface area (Å²) in [4.78, 5) is 19.3. The molecule has 0 aliphatic rings. The Morgan fingerprint density at radius 2 is 2.18 bits per heavy atom. The molecule has 0 aliphatic carbocycles. The lowest BCUT2D eigenvalue weighted by atomic mass is 10.3. The van der Waals surface area contributed by atoms with E-state index in [2.05, 4.69) is 25.9 Å². The van der Waals surface area contributed by atoms with E-state index in [0.717, 1.165) is 4.47 Å². The molecule has 0 saturated carbocycles. The van der Waals surface area contributed by atoms with Crippen LogP contribution in [0.3, 0.4) is 0 Å². The summed E-state index contributed by atoms with van der Waals surface area (Å²) in [5, 5.41) is 0.344. The highest BCUT2D eigenvalue weighted by Crippen LogP contribution is 2.28. The second-order valence-corrected chi connectivity index (χ2v) is 4.38. The highest BCUT2D eigenvalue weighted by molar-refractivity contribution is 9.10. The molecule has 2 rings (SSSR count). The number of carbonyl (C=O) groups excluding carboxylic acids is 1. The summed E-state index contributed by atoms with van der Waals surface area (Å²) in [6, 6.07) is 4.96. The fourth-order valence-electron chi connectivity index (χ4n) is 1.11. The van der Waals surface area contributed by atoms with Gasteiger partial charge in [-0.3, -0.25) is 4.98 Å². The lowest BCUT2D eigenvalue weighted by Gasteiger charge is -2.05. The van der Waals surface area contributed by atoms with Gasteiger partial charge in [0.2, 0.25) is 0 Å². The Kier molecular flexibility index (Phi) is 3.71. The Hall–Kier alpha value is -1.46. The molecule has 0 spiro atoms. The van der Waals surface area contributed by atoms with Crippen molar-refractivity contribution in [1.82, 2.24) is 9.97 Å². The smallest absolute Gasteiger partial charge is 0.363 e. The van der Waals surface area contributed by atoms with E-state index in [-0.39, 0.29) is 11.4 Å². The highest BCUT2D eigenvalue weighted by atomic mass is 79.9. The molecule has 0 aliphatic heterocycles. The summed E-state index contributed by atoms with van der Waals surface area (Å²) in [5.41, 5.74) is 0.131. The van der Waals surface area contributed by atoms with E-state index in [1.54, 1.807) is 18.2 Å². The molecule has 4 nitrogen and oxygen atoms in total. The van der Waals surface area contributed by atoms with Crippen molar-refractivity contribution in [2.45, 2.75) is 0 Å². The molecular weight excluding hydrogens is 307 g/mol.